The molecular formula is C36H34N2. The summed E-state index contributed by atoms with van der Waals surface area (Å²) in [4.78, 5) is 5.37. The monoisotopic (exact) mass is 494 g/mol. The summed E-state index contributed by atoms with van der Waals surface area (Å²) in [6.45, 7) is 0. The zero-order valence-electron chi connectivity index (χ0n) is 21.8. The van der Waals surface area contributed by atoms with Crippen LogP contribution in [-0.4, -0.2) is 23.0 Å². The topological polar surface area (TPSA) is 6.48 Å². The minimum Gasteiger partial charge on any atom is -0.360 e. The fourth-order valence-corrected chi connectivity index (χ4v) is 7.74. The van der Waals surface area contributed by atoms with Gasteiger partial charge in [0.15, 0.2) is 0 Å². The highest BCUT2D eigenvalue weighted by atomic mass is 15.2. The van der Waals surface area contributed by atoms with Crippen molar-refractivity contribution in [3.05, 3.63) is 144 Å². The lowest BCUT2D eigenvalue weighted by atomic mass is 9.84. The van der Waals surface area contributed by atoms with Crippen LogP contribution in [0.2, 0.25) is 0 Å². The number of allylic oxidation sites excluding steroid dienone is 12. The van der Waals surface area contributed by atoms with Crippen molar-refractivity contribution < 1.29 is 0 Å². The standard InChI is InChI=1S/C36H34N2/c1-2-11-25(12-3-1)26-13-10-14-27(23-26)37-35-20-9-6-17-31(35)32-24-28(21-22-36(32)37)38-33-18-7-4-15-29(33)30-16-5-8-19-34(30)38/h2,4-7,9-18,20-23,28-29,31,33,35H,1,3,8,19,24H2. The number of fused-ring (bicyclic) bond motifs is 4. The maximum absolute atomic E-state index is 2.77. The van der Waals surface area contributed by atoms with E-state index in [1.54, 1.807) is 16.8 Å². The van der Waals surface area contributed by atoms with Crippen LogP contribution in [0, 0.1) is 11.8 Å². The Morgan fingerprint density at radius 2 is 1.58 bits per heavy atom. The first kappa shape index (κ1) is 22.2. The van der Waals surface area contributed by atoms with Gasteiger partial charge < -0.3 is 9.80 Å². The second kappa shape index (κ2) is 8.91. The number of anilines is 1. The molecule has 8 rings (SSSR count). The summed E-state index contributed by atoms with van der Waals surface area (Å²) in [5.41, 5.74) is 10.1. The first-order valence-corrected chi connectivity index (χ1v) is 14.4. The van der Waals surface area contributed by atoms with Crippen LogP contribution >= 0.6 is 0 Å². The molecule has 2 nitrogen and oxygen atoms in total. The predicted molar refractivity (Wildman–Crippen MR) is 158 cm³/mol. The fraction of sp³-hybridized carbons (Fsp3) is 0.278. The molecule has 5 aliphatic carbocycles. The van der Waals surface area contributed by atoms with Crippen molar-refractivity contribution in [3.63, 3.8) is 0 Å². The summed E-state index contributed by atoms with van der Waals surface area (Å²) in [5.74, 6) is 0.923. The van der Waals surface area contributed by atoms with Crippen LogP contribution in [0.15, 0.2) is 138 Å². The molecule has 0 saturated carbocycles. The fourth-order valence-electron chi connectivity index (χ4n) is 7.74. The normalized spacial score (nSPS) is 32.1. The van der Waals surface area contributed by atoms with Crippen LogP contribution in [0.4, 0.5) is 5.69 Å². The molecule has 2 aliphatic heterocycles. The molecule has 7 aliphatic rings. The lowest BCUT2D eigenvalue weighted by Gasteiger charge is -2.38. The maximum atomic E-state index is 2.77. The Labute approximate surface area is 226 Å². The van der Waals surface area contributed by atoms with Crippen LogP contribution in [0.3, 0.4) is 0 Å². The predicted octanol–water partition coefficient (Wildman–Crippen LogP) is 7.96. The summed E-state index contributed by atoms with van der Waals surface area (Å²) in [6, 6.07) is 10.4. The van der Waals surface area contributed by atoms with Crippen molar-refractivity contribution in [2.75, 3.05) is 4.90 Å². The second-order valence-corrected chi connectivity index (χ2v) is 11.4. The maximum Gasteiger partial charge on any atom is 0.0626 e. The first-order chi connectivity index (χ1) is 18.9. The van der Waals surface area contributed by atoms with Gasteiger partial charge >= 0.3 is 0 Å². The molecular weight excluding hydrogens is 460 g/mol. The van der Waals surface area contributed by atoms with Crippen molar-refractivity contribution in [2.24, 2.45) is 11.8 Å². The van der Waals surface area contributed by atoms with Crippen LogP contribution in [0.25, 0.3) is 5.57 Å². The van der Waals surface area contributed by atoms with E-state index >= 15 is 0 Å². The molecule has 2 heteroatoms. The third-order valence-electron chi connectivity index (χ3n) is 9.39. The number of hydrogen-bond acceptors (Lipinski definition) is 2. The highest BCUT2D eigenvalue weighted by Gasteiger charge is 2.45. The van der Waals surface area contributed by atoms with E-state index in [0.717, 1.165) is 32.1 Å². The summed E-state index contributed by atoms with van der Waals surface area (Å²) in [5, 5.41) is 0. The van der Waals surface area contributed by atoms with Crippen molar-refractivity contribution in [1.82, 2.24) is 4.90 Å². The molecule has 0 fully saturated rings. The molecule has 38 heavy (non-hydrogen) atoms. The number of benzene rings is 1. The molecule has 188 valence electrons. The summed E-state index contributed by atoms with van der Waals surface area (Å²) >= 11 is 0. The van der Waals surface area contributed by atoms with Gasteiger partial charge in [0.25, 0.3) is 0 Å². The van der Waals surface area contributed by atoms with Gasteiger partial charge in [-0.15, -0.1) is 0 Å². The molecule has 0 saturated heterocycles. The Morgan fingerprint density at radius 1 is 0.737 bits per heavy atom. The smallest absolute Gasteiger partial charge is 0.0626 e. The quantitative estimate of drug-likeness (QED) is 0.420. The van der Waals surface area contributed by atoms with E-state index in [2.05, 4.69) is 125 Å². The van der Waals surface area contributed by atoms with E-state index in [1.165, 1.54) is 22.5 Å². The molecule has 0 spiro atoms. The molecule has 0 amide bonds. The van der Waals surface area contributed by atoms with Crippen LogP contribution in [-0.2, 0) is 0 Å². The van der Waals surface area contributed by atoms with E-state index in [0.29, 0.717) is 30.0 Å². The number of nitrogens with zero attached hydrogens (tertiary/aromatic N) is 2. The van der Waals surface area contributed by atoms with Gasteiger partial charge in [0.05, 0.1) is 18.1 Å². The van der Waals surface area contributed by atoms with Gasteiger partial charge in [-0.25, -0.2) is 0 Å². The third-order valence-corrected chi connectivity index (χ3v) is 9.39. The largest absolute Gasteiger partial charge is 0.360 e. The molecule has 5 atom stereocenters. The van der Waals surface area contributed by atoms with Crippen LogP contribution in [0.5, 0.6) is 0 Å². The van der Waals surface area contributed by atoms with E-state index < -0.39 is 0 Å². The summed E-state index contributed by atoms with van der Waals surface area (Å²) < 4.78 is 0. The minimum atomic E-state index is 0.343. The van der Waals surface area contributed by atoms with Gasteiger partial charge in [-0.2, -0.15) is 0 Å². The van der Waals surface area contributed by atoms with Crippen molar-refractivity contribution in [1.29, 1.82) is 0 Å². The average Bonchev–Trinajstić information content (AvgIpc) is 3.50. The van der Waals surface area contributed by atoms with E-state index in [-0.39, 0.29) is 0 Å². The van der Waals surface area contributed by atoms with Crippen molar-refractivity contribution >= 4 is 11.3 Å². The highest BCUT2D eigenvalue weighted by molar-refractivity contribution is 5.78. The Bertz CT molecular complexity index is 1480. The molecule has 0 N–H and O–H groups in total. The van der Waals surface area contributed by atoms with Crippen LogP contribution < -0.4 is 4.90 Å². The Balaban J connectivity index is 1.16. The Kier molecular flexibility index (Phi) is 5.21. The van der Waals surface area contributed by atoms with Gasteiger partial charge in [-0.1, -0.05) is 97.2 Å². The zero-order valence-corrected chi connectivity index (χ0v) is 21.8. The van der Waals surface area contributed by atoms with Crippen molar-refractivity contribution in [2.45, 2.75) is 50.2 Å². The van der Waals surface area contributed by atoms with E-state index in [9.17, 15) is 0 Å². The van der Waals surface area contributed by atoms with Crippen molar-refractivity contribution in [3.8, 4) is 0 Å². The molecule has 1 aromatic carbocycles. The van der Waals surface area contributed by atoms with Gasteiger partial charge in [0.1, 0.15) is 0 Å². The lowest BCUT2D eigenvalue weighted by Crippen LogP contribution is -2.41. The SMILES string of the molecule is C1=CC2C3=C(C=CC(N4C5=C(C=CCC5)C5C=CC=CC54)C3)N(c3cccc(C4=CCCC=C4)c3)C2C=C1. The Morgan fingerprint density at radius 3 is 2.47 bits per heavy atom. The second-order valence-electron chi connectivity index (χ2n) is 11.4. The number of rotatable bonds is 3. The summed E-state index contributed by atoms with van der Waals surface area (Å²) in [6.07, 6.45) is 41.1. The minimum absolute atomic E-state index is 0.343. The molecule has 0 bridgehead atoms. The molecule has 1 aromatic rings. The average molecular weight is 495 g/mol. The molecule has 2 heterocycles. The molecule has 0 aromatic heterocycles. The zero-order chi connectivity index (χ0) is 25.1. The van der Waals surface area contributed by atoms with Gasteiger partial charge in [-0.05, 0) is 72.6 Å². The van der Waals surface area contributed by atoms with Gasteiger partial charge in [0.2, 0.25) is 0 Å². The lowest BCUT2D eigenvalue weighted by molar-refractivity contribution is 0.239. The van der Waals surface area contributed by atoms with Crippen LogP contribution in [0.1, 0.15) is 37.7 Å². The summed E-state index contributed by atoms with van der Waals surface area (Å²) in [7, 11) is 0. The van der Waals surface area contributed by atoms with Gasteiger partial charge in [-0.3, -0.25) is 0 Å². The third kappa shape index (κ3) is 3.39. The molecule has 5 unspecified atom stereocenters. The van der Waals surface area contributed by atoms with E-state index in [1.807, 2.05) is 0 Å². The Hall–Kier alpha value is -3.78. The van der Waals surface area contributed by atoms with E-state index in [4.69, 9.17) is 0 Å². The first-order valence-electron chi connectivity index (χ1n) is 14.4. The number of hydrogen-bond donors (Lipinski definition) is 0. The van der Waals surface area contributed by atoms with Gasteiger partial charge in [0, 0.05) is 28.9 Å². The highest BCUT2D eigenvalue weighted by Crippen LogP contribution is 2.49. The molecule has 0 radical (unpaired) electrons.